The first-order valence-electron chi connectivity index (χ1n) is 5.53. The maximum atomic E-state index is 12.1. The maximum absolute atomic E-state index is 12.1. The molecular weight excluding hydrogens is 238 g/mol. The lowest BCUT2D eigenvalue weighted by molar-refractivity contribution is -0.137. The lowest BCUT2D eigenvalue weighted by Crippen LogP contribution is -2.38. The molecule has 1 heterocycles. The first kappa shape index (κ1) is 14.0. The molecule has 0 aliphatic carbocycles. The second-order valence-corrected chi connectivity index (χ2v) is 4.08. The normalized spacial score (nSPS) is 10.4. The summed E-state index contributed by atoms with van der Waals surface area (Å²) < 4.78 is 4.62. The molecule has 1 N–H and O–H groups in total. The van der Waals surface area contributed by atoms with Crippen molar-refractivity contribution in [1.29, 1.82) is 0 Å². The van der Waals surface area contributed by atoms with Crippen LogP contribution in [0.1, 0.15) is 30.6 Å². The van der Waals surface area contributed by atoms with E-state index in [1.807, 2.05) is 0 Å². The molecule has 1 aromatic heterocycles. The van der Waals surface area contributed by atoms with Gasteiger partial charge in [-0.25, -0.2) is 4.79 Å². The van der Waals surface area contributed by atoms with Crippen LogP contribution in [0.3, 0.4) is 0 Å². The molecule has 1 rings (SSSR count). The summed E-state index contributed by atoms with van der Waals surface area (Å²) in [5.74, 6) is -1.32. The summed E-state index contributed by atoms with van der Waals surface area (Å²) >= 11 is 0. The van der Waals surface area contributed by atoms with Gasteiger partial charge in [-0.05, 0) is 19.9 Å². The summed E-state index contributed by atoms with van der Waals surface area (Å²) in [4.78, 5) is 34.8. The number of carbonyl (C=O) groups excluding carboxylic acids is 1. The molecule has 0 aliphatic rings. The Kier molecular flexibility index (Phi) is 4.65. The van der Waals surface area contributed by atoms with E-state index in [9.17, 15) is 14.4 Å². The van der Waals surface area contributed by atoms with Crippen LogP contribution in [-0.2, 0) is 4.79 Å². The van der Waals surface area contributed by atoms with E-state index in [0.29, 0.717) is 0 Å². The number of hydrogen-bond donors (Lipinski definition) is 1. The molecule has 1 amide bonds. The van der Waals surface area contributed by atoms with Crippen molar-refractivity contribution in [2.45, 2.75) is 26.3 Å². The van der Waals surface area contributed by atoms with E-state index < -0.39 is 11.6 Å². The average Bonchev–Trinajstić information content (AvgIpc) is 2.29. The zero-order valence-electron chi connectivity index (χ0n) is 10.3. The lowest BCUT2D eigenvalue weighted by Gasteiger charge is -2.25. The molecule has 0 radical (unpaired) electrons. The highest BCUT2D eigenvalue weighted by Crippen LogP contribution is 2.08. The third-order valence-electron chi connectivity index (χ3n) is 2.40. The minimum atomic E-state index is -0.965. The third kappa shape index (κ3) is 3.73. The number of nitrogens with zero attached hydrogens (tertiary/aromatic N) is 1. The van der Waals surface area contributed by atoms with E-state index in [-0.39, 0.29) is 30.5 Å². The van der Waals surface area contributed by atoms with E-state index in [1.165, 1.54) is 11.0 Å². The van der Waals surface area contributed by atoms with Gasteiger partial charge in [0.25, 0.3) is 5.91 Å². The van der Waals surface area contributed by atoms with Crippen molar-refractivity contribution < 1.29 is 19.1 Å². The van der Waals surface area contributed by atoms with Crippen LogP contribution < -0.4 is 5.63 Å². The first-order chi connectivity index (χ1) is 8.41. The molecule has 0 fully saturated rings. The Hall–Kier alpha value is -2.11. The Bertz CT molecular complexity index is 471. The number of hydrogen-bond acceptors (Lipinski definition) is 4. The van der Waals surface area contributed by atoms with Gasteiger partial charge in [0.15, 0.2) is 0 Å². The Morgan fingerprint density at radius 1 is 1.39 bits per heavy atom. The van der Waals surface area contributed by atoms with Gasteiger partial charge in [0, 0.05) is 18.7 Å². The highest BCUT2D eigenvalue weighted by atomic mass is 16.4. The highest BCUT2D eigenvalue weighted by Gasteiger charge is 2.20. The summed E-state index contributed by atoms with van der Waals surface area (Å²) in [6, 6.07) is 2.39. The quantitative estimate of drug-likeness (QED) is 0.844. The number of amides is 1. The Morgan fingerprint density at radius 2 is 2.06 bits per heavy atom. The zero-order chi connectivity index (χ0) is 13.7. The van der Waals surface area contributed by atoms with Crippen molar-refractivity contribution in [2.24, 2.45) is 0 Å². The molecule has 0 aromatic carbocycles. The summed E-state index contributed by atoms with van der Waals surface area (Å²) in [6.07, 6.45) is 0.960. The van der Waals surface area contributed by atoms with Crippen LogP contribution >= 0.6 is 0 Å². The summed E-state index contributed by atoms with van der Waals surface area (Å²) in [7, 11) is 0. The Labute approximate surface area is 104 Å². The molecule has 18 heavy (non-hydrogen) atoms. The molecule has 0 saturated heterocycles. The average molecular weight is 253 g/mol. The molecular formula is C12H15NO5. The Balaban J connectivity index is 2.85. The van der Waals surface area contributed by atoms with Gasteiger partial charge in [0.2, 0.25) is 0 Å². The molecule has 0 atom stereocenters. The van der Waals surface area contributed by atoms with E-state index in [1.54, 1.807) is 13.8 Å². The highest BCUT2D eigenvalue weighted by molar-refractivity contribution is 5.94. The van der Waals surface area contributed by atoms with E-state index in [0.717, 1.165) is 12.3 Å². The predicted molar refractivity (Wildman–Crippen MR) is 63.4 cm³/mol. The van der Waals surface area contributed by atoms with E-state index in [2.05, 4.69) is 4.42 Å². The van der Waals surface area contributed by atoms with Gasteiger partial charge in [-0.2, -0.15) is 0 Å². The second kappa shape index (κ2) is 6.00. The molecule has 6 heteroatoms. The Morgan fingerprint density at radius 3 is 2.50 bits per heavy atom. The van der Waals surface area contributed by atoms with Crippen molar-refractivity contribution in [3.05, 3.63) is 34.4 Å². The second-order valence-electron chi connectivity index (χ2n) is 4.08. The number of carboxylic acid groups (broad SMARTS) is 1. The predicted octanol–water partition coefficient (Wildman–Crippen LogP) is 0.965. The fourth-order valence-corrected chi connectivity index (χ4v) is 1.46. The van der Waals surface area contributed by atoms with Crippen molar-refractivity contribution in [2.75, 3.05) is 6.54 Å². The van der Waals surface area contributed by atoms with Crippen molar-refractivity contribution >= 4 is 11.9 Å². The maximum Gasteiger partial charge on any atom is 0.335 e. The van der Waals surface area contributed by atoms with Crippen molar-refractivity contribution in [3.63, 3.8) is 0 Å². The van der Waals surface area contributed by atoms with Crippen LogP contribution in [0.4, 0.5) is 0 Å². The van der Waals surface area contributed by atoms with Crippen LogP contribution in [0.5, 0.6) is 0 Å². The minimum absolute atomic E-state index is 0.116. The van der Waals surface area contributed by atoms with Crippen LogP contribution in [0.2, 0.25) is 0 Å². The molecule has 0 unspecified atom stereocenters. The molecule has 0 aliphatic heterocycles. The van der Waals surface area contributed by atoms with Gasteiger partial charge < -0.3 is 14.4 Å². The summed E-state index contributed by atoms with van der Waals surface area (Å²) in [5.41, 5.74) is -0.304. The first-order valence-corrected chi connectivity index (χ1v) is 5.53. The topological polar surface area (TPSA) is 87.8 Å². The molecule has 0 saturated carbocycles. The van der Waals surface area contributed by atoms with Gasteiger partial charge in [0.05, 0.1) is 12.0 Å². The van der Waals surface area contributed by atoms with E-state index >= 15 is 0 Å². The van der Waals surface area contributed by atoms with Gasteiger partial charge in [0.1, 0.15) is 6.26 Å². The van der Waals surface area contributed by atoms with Gasteiger partial charge in [-0.15, -0.1) is 0 Å². The fourth-order valence-electron chi connectivity index (χ4n) is 1.46. The van der Waals surface area contributed by atoms with Gasteiger partial charge in [-0.1, -0.05) is 0 Å². The van der Waals surface area contributed by atoms with Crippen LogP contribution in [0.15, 0.2) is 27.6 Å². The largest absolute Gasteiger partial charge is 0.481 e. The molecule has 1 aromatic rings. The summed E-state index contributed by atoms with van der Waals surface area (Å²) in [6.45, 7) is 3.70. The third-order valence-corrected chi connectivity index (χ3v) is 2.40. The number of carbonyl (C=O) groups is 2. The zero-order valence-corrected chi connectivity index (χ0v) is 10.3. The summed E-state index contributed by atoms with van der Waals surface area (Å²) in [5, 5.41) is 8.64. The minimum Gasteiger partial charge on any atom is -0.481 e. The fraction of sp³-hybridized carbons (Fsp3) is 0.417. The number of aliphatic carboxylic acids is 1. The van der Waals surface area contributed by atoms with E-state index in [4.69, 9.17) is 5.11 Å². The lowest BCUT2D eigenvalue weighted by atomic mass is 10.2. The molecule has 98 valence electrons. The van der Waals surface area contributed by atoms with Crippen molar-refractivity contribution in [1.82, 2.24) is 4.90 Å². The smallest absolute Gasteiger partial charge is 0.335 e. The monoisotopic (exact) mass is 253 g/mol. The van der Waals surface area contributed by atoms with Crippen LogP contribution in [0, 0.1) is 0 Å². The van der Waals surface area contributed by atoms with Crippen LogP contribution in [0.25, 0.3) is 0 Å². The molecule has 0 spiro atoms. The molecule has 0 bridgehead atoms. The van der Waals surface area contributed by atoms with Crippen LogP contribution in [-0.4, -0.2) is 34.5 Å². The standard InChI is InChI=1S/C12H15NO5/c1-8(2)13(6-5-10(14)15)12(17)9-3-4-11(16)18-7-9/h3-4,7-8H,5-6H2,1-2H3,(H,14,15). The number of carboxylic acids is 1. The molecule has 6 nitrogen and oxygen atoms in total. The van der Waals surface area contributed by atoms with Crippen molar-refractivity contribution in [3.8, 4) is 0 Å². The van der Waals surface area contributed by atoms with Gasteiger partial charge in [-0.3, -0.25) is 9.59 Å². The SMILES string of the molecule is CC(C)N(CCC(=O)O)C(=O)c1ccc(=O)oc1. The number of rotatable bonds is 5. The van der Waals surface area contributed by atoms with Gasteiger partial charge >= 0.3 is 11.6 Å².